The first-order chi connectivity index (χ1) is 17.4. The van der Waals surface area contributed by atoms with E-state index in [0.717, 1.165) is 36.5 Å². The van der Waals surface area contributed by atoms with Gasteiger partial charge in [-0.15, -0.1) is 0 Å². The molecule has 186 valence electrons. The van der Waals surface area contributed by atoms with Crippen molar-refractivity contribution in [3.05, 3.63) is 65.7 Å². The molecule has 36 heavy (non-hydrogen) atoms. The fraction of sp³-hybridized carbons (Fsp3) is 0.308. The molecule has 4 N–H and O–H groups in total. The standard InChI is InChI=1S/C26H27FN6O3/c1-36-21-10-9-17(27)11-20(21)26(35)29-13-15-5-7-16(8-6-15)23-22-24(28)30-14-31-25(22)33(32-23)18-3-2-4-19(34)12-18/h5-11,14,18-19,34H,2-4,12-13H2,1H3,(H,29,35)(H2,28,30,31). The summed E-state index contributed by atoms with van der Waals surface area (Å²) in [7, 11) is 1.43. The van der Waals surface area contributed by atoms with Crippen molar-refractivity contribution in [1.82, 2.24) is 25.1 Å². The van der Waals surface area contributed by atoms with Gasteiger partial charge < -0.3 is 20.9 Å². The zero-order valence-corrected chi connectivity index (χ0v) is 19.8. The number of nitrogens with two attached hydrogens (primary N) is 1. The number of methoxy groups -OCH3 is 1. The Hall–Kier alpha value is -4.05. The molecule has 0 bridgehead atoms. The first-order valence-electron chi connectivity index (χ1n) is 11.8. The van der Waals surface area contributed by atoms with Crippen LogP contribution in [-0.2, 0) is 6.54 Å². The molecular formula is C26H27FN6O3. The summed E-state index contributed by atoms with van der Waals surface area (Å²) >= 11 is 0. The van der Waals surface area contributed by atoms with Crippen molar-refractivity contribution in [2.24, 2.45) is 0 Å². The molecule has 5 rings (SSSR count). The van der Waals surface area contributed by atoms with Crippen molar-refractivity contribution in [2.75, 3.05) is 12.8 Å². The Morgan fingerprint density at radius 3 is 2.78 bits per heavy atom. The van der Waals surface area contributed by atoms with Gasteiger partial charge in [0.1, 0.15) is 29.4 Å². The number of nitrogens with one attached hydrogen (secondary N) is 1. The molecule has 2 aromatic heterocycles. The number of halogens is 1. The molecule has 0 saturated heterocycles. The lowest BCUT2D eigenvalue weighted by Crippen LogP contribution is -2.23. The van der Waals surface area contributed by atoms with E-state index in [4.69, 9.17) is 15.6 Å². The monoisotopic (exact) mass is 490 g/mol. The number of aliphatic hydroxyl groups is 1. The Labute approximate surface area is 207 Å². The van der Waals surface area contributed by atoms with Gasteiger partial charge >= 0.3 is 0 Å². The van der Waals surface area contributed by atoms with Crippen LogP contribution >= 0.6 is 0 Å². The number of hydrogen-bond donors (Lipinski definition) is 3. The van der Waals surface area contributed by atoms with Crippen LogP contribution in [0.4, 0.5) is 10.2 Å². The fourth-order valence-corrected chi connectivity index (χ4v) is 4.73. The SMILES string of the molecule is COc1ccc(F)cc1C(=O)NCc1ccc(-c2nn(C3CCCC(O)C3)c3ncnc(N)c23)cc1. The molecule has 1 amide bonds. The van der Waals surface area contributed by atoms with Crippen molar-refractivity contribution in [3.63, 3.8) is 0 Å². The Morgan fingerprint density at radius 1 is 1.22 bits per heavy atom. The van der Waals surface area contributed by atoms with Crippen LogP contribution in [0.15, 0.2) is 48.8 Å². The lowest BCUT2D eigenvalue weighted by Gasteiger charge is -2.26. The Morgan fingerprint density at radius 2 is 2.03 bits per heavy atom. The minimum atomic E-state index is -0.511. The highest BCUT2D eigenvalue weighted by Gasteiger charge is 2.26. The molecular weight excluding hydrogens is 463 g/mol. The second kappa shape index (κ2) is 9.90. The Bertz CT molecular complexity index is 1410. The first kappa shape index (κ1) is 23.7. The molecule has 2 atom stereocenters. The number of fused-ring (bicyclic) bond motifs is 1. The van der Waals surface area contributed by atoms with Gasteiger partial charge in [-0.25, -0.2) is 19.0 Å². The van der Waals surface area contributed by atoms with Crippen molar-refractivity contribution in [2.45, 2.75) is 44.4 Å². The summed E-state index contributed by atoms with van der Waals surface area (Å²) in [4.78, 5) is 21.2. The molecule has 0 radical (unpaired) electrons. The van der Waals surface area contributed by atoms with Crippen LogP contribution in [0.1, 0.15) is 47.6 Å². The van der Waals surface area contributed by atoms with Crippen molar-refractivity contribution >= 4 is 22.8 Å². The van der Waals surface area contributed by atoms with Crippen LogP contribution in [0.2, 0.25) is 0 Å². The zero-order valence-electron chi connectivity index (χ0n) is 19.8. The molecule has 0 aliphatic heterocycles. The summed E-state index contributed by atoms with van der Waals surface area (Å²) in [6, 6.07) is 11.4. The second-order valence-corrected chi connectivity index (χ2v) is 8.95. The molecule has 4 aromatic rings. The number of carbonyl (C=O) groups is 1. The number of rotatable bonds is 6. The summed E-state index contributed by atoms with van der Waals surface area (Å²) in [5.41, 5.74) is 9.36. The zero-order chi connectivity index (χ0) is 25.2. The van der Waals surface area contributed by atoms with E-state index in [1.54, 1.807) is 0 Å². The van der Waals surface area contributed by atoms with Crippen molar-refractivity contribution < 1.29 is 19.0 Å². The molecule has 2 aromatic carbocycles. The molecule has 1 saturated carbocycles. The highest BCUT2D eigenvalue weighted by Crippen LogP contribution is 2.36. The summed E-state index contributed by atoms with van der Waals surface area (Å²) < 4.78 is 20.6. The quantitative estimate of drug-likeness (QED) is 0.376. The van der Waals surface area contributed by atoms with Gasteiger partial charge in [-0.3, -0.25) is 4.79 Å². The number of nitrogen functional groups attached to an aromatic ring is 1. The van der Waals surface area contributed by atoms with Gasteiger partial charge in [-0.05, 0) is 49.4 Å². The second-order valence-electron chi connectivity index (χ2n) is 8.95. The number of ether oxygens (including phenoxy) is 1. The van der Waals surface area contributed by atoms with Gasteiger partial charge in [-0.1, -0.05) is 24.3 Å². The number of hydrogen-bond acceptors (Lipinski definition) is 7. The summed E-state index contributed by atoms with van der Waals surface area (Å²) in [6.45, 7) is 0.249. The number of benzene rings is 2. The average Bonchev–Trinajstić information content (AvgIpc) is 3.28. The van der Waals surface area contributed by atoms with Gasteiger partial charge in [-0.2, -0.15) is 5.10 Å². The van der Waals surface area contributed by atoms with E-state index in [1.165, 1.54) is 25.6 Å². The average molecular weight is 491 g/mol. The maximum atomic E-state index is 13.6. The molecule has 10 heteroatoms. The molecule has 1 aliphatic carbocycles. The summed E-state index contributed by atoms with van der Waals surface area (Å²) in [5, 5.41) is 18.5. The van der Waals surface area contributed by atoms with Crippen molar-refractivity contribution in [3.8, 4) is 17.0 Å². The van der Waals surface area contributed by atoms with Crippen molar-refractivity contribution in [1.29, 1.82) is 0 Å². The van der Waals surface area contributed by atoms with Gasteiger partial charge in [0.25, 0.3) is 5.91 Å². The van der Waals surface area contributed by atoms with E-state index in [0.29, 0.717) is 34.7 Å². The topological polar surface area (TPSA) is 128 Å². The number of aliphatic hydroxyl groups excluding tert-OH is 1. The smallest absolute Gasteiger partial charge is 0.255 e. The van der Waals surface area contributed by atoms with Crippen LogP contribution in [0.5, 0.6) is 5.75 Å². The number of aromatic nitrogens is 4. The third kappa shape index (κ3) is 4.59. The molecule has 2 heterocycles. The van der Waals surface area contributed by atoms with E-state index in [2.05, 4.69) is 15.3 Å². The fourth-order valence-electron chi connectivity index (χ4n) is 4.73. The molecule has 0 spiro atoms. The third-order valence-electron chi connectivity index (χ3n) is 6.57. The molecule has 9 nitrogen and oxygen atoms in total. The number of anilines is 1. The maximum absolute atomic E-state index is 13.6. The first-order valence-corrected chi connectivity index (χ1v) is 11.8. The lowest BCUT2D eigenvalue weighted by atomic mass is 9.93. The molecule has 1 aliphatic rings. The number of nitrogens with zero attached hydrogens (tertiary/aromatic N) is 4. The van der Waals surface area contributed by atoms with Crippen LogP contribution in [0, 0.1) is 5.82 Å². The highest BCUT2D eigenvalue weighted by atomic mass is 19.1. The third-order valence-corrected chi connectivity index (χ3v) is 6.57. The lowest BCUT2D eigenvalue weighted by molar-refractivity contribution is 0.0947. The maximum Gasteiger partial charge on any atom is 0.255 e. The van der Waals surface area contributed by atoms with E-state index < -0.39 is 11.7 Å². The van der Waals surface area contributed by atoms with Crippen LogP contribution < -0.4 is 15.8 Å². The number of carbonyl (C=O) groups excluding carboxylic acids is 1. The number of amides is 1. The Balaban J connectivity index is 1.38. The Kier molecular flexibility index (Phi) is 6.51. The van der Waals surface area contributed by atoms with Crippen LogP contribution in [0.3, 0.4) is 0 Å². The largest absolute Gasteiger partial charge is 0.496 e. The van der Waals surface area contributed by atoms with E-state index in [9.17, 15) is 14.3 Å². The van der Waals surface area contributed by atoms with Gasteiger partial charge in [0.15, 0.2) is 5.65 Å². The normalized spacial score (nSPS) is 17.8. The summed E-state index contributed by atoms with van der Waals surface area (Å²) in [6.07, 6.45) is 4.32. The van der Waals surface area contributed by atoms with E-state index >= 15 is 0 Å². The molecule has 2 unspecified atom stereocenters. The minimum Gasteiger partial charge on any atom is -0.496 e. The van der Waals surface area contributed by atoms with Gasteiger partial charge in [0.05, 0.1) is 30.2 Å². The predicted molar refractivity (Wildman–Crippen MR) is 133 cm³/mol. The van der Waals surface area contributed by atoms with E-state index in [-0.39, 0.29) is 24.3 Å². The van der Waals surface area contributed by atoms with Gasteiger partial charge in [0.2, 0.25) is 0 Å². The minimum absolute atomic E-state index is 0.0357. The molecule has 1 fully saturated rings. The van der Waals surface area contributed by atoms with Crippen LogP contribution in [-0.4, -0.2) is 44.0 Å². The van der Waals surface area contributed by atoms with Gasteiger partial charge in [0, 0.05) is 12.1 Å². The van der Waals surface area contributed by atoms with E-state index in [1.807, 2.05) is 28.9 Å². The highest BCUT2D eigenvalue weighted by molar-refractivity contribution is 5.98. The van der Waals surface area contributed by atoms with Crippen LogP contribution in [0.25, 0.3) is 22.3 Å². The summed E-state index contributed by atoms with van der Waals surface area (Å²) in [5.74, 6) is -0.294. The predicted octanol–water partition coefficient (Wildman–Crippen LogP) is 3.63.